The van der Waals surface area contributed by atoms with Crippen molar-refractivity contribution in [3.8, 4) is 16.9 Å². The van der Waals surface area contributed by atoms with E-state index in [0.29, 0.717) is 35.3 Å². The number of rotatable bonds is 6. The summed E-state index contributed by atoms with van der Waals surface area (Å²) in [5, 5.41) is 9.84. The van der Waals surface area contributed by atoms with E-state index in [2.05, 4.69) is 9.82 Å². The average Bonchev–Trinajstić information content (AvgIpc) is 3.25. The summed E-state index contributed by atoms with van der Waals surface area (Å²) in [7, 11) is -8.01. The van der Waals surface area contributed by atoms with Crippen molar-refractivity contribution >= 4 is 54.8 Å². The van der Waals surface area contributed by atoms with Crippen LogP contribution in [0, 0.1) is 0 Å². The maximum absolute atomic E-state index is 13.1. The minimum absolute atomic E-state index is 0.00858. The van der Waals surface area contributed by atoms with Crippen LogP contribution in [0.3, 0.4) is 0 Å². The van der Waals surface area contributed by atoms with E-state index in [1.165, 1.54) is 47.1 Å². The Hall–Kier alpha value is -3.42. The van der Waals surface area contributed by atoms with E-state index < -0.39 is 26.0 Å². The van der Waals surface area contributed by atoms with Crippen molar-refractivity contribution in [3.63, 3.8) is 0 Å². The summed E-state index contributed by atoms with van der Waals surface area (Å²) in [6, 6.07) is 14.8. The molecule has 0 bridgehead atoms. The third-order valence-electron chi connectivity index (χ3n) is 6.07. The Balaban J connectivity index is 1.63. The fraction of sp³-hybridized carbons (Fsp3) is 0.0833. The van der Waals surface area contributed by atoms with Crippen LogP contribution in [0.1, 0.15) is 21.6 Å². The summed E-state index contributed by atoms with van der Waals surface area (Å²) < 4.78 is 53.6. The summed E-state index contributed by atoms with van der Waals surface area (Å²) in [5.41, 5.74) is 9.01. The summed E-state index contributed by atoms with van der Waals surface area (Å²) in [5.74, 6) is -0.725. The molecule has 0 spiro atoms. The fourth-order valence-electron chi connectivity index (χ4n) is 4.36. The van der Waals surface area contributed by atoms with Gasteiger partial charge in [-0.3, -0.25) is 9.52 Å². The first kappa shape index (κ1) is 26.2. The SMILES string of the molecule is NC(=O)c1nn(-c2ccc(S(N)(=O)=O)cc2)c2c1CCc1ccc(NS(=O)(=O)c3cc(Cl)ccc3Cl)cc1-2. The number of primary amides is 1. The molecule has 0 aliphatic heterocycles. The number of hydrogen-bond donors (Lipinski definition) is 3. The summed E-state index contributed by atoms with van der Waals surface area (Å²) >= 11 is 12.1. The second-order valence-corrected chi connectivity index (χ2v) is 12.6. The molecule has 1 heterocycles. The second-order valence-electron chi connectivity index (χ2n) is 8.54. The fourth-order valence-corrected chi connectivity index (χ4v) is 6.69. The summed E-state index contributed by atoms with van der Waals surface area (Å²) in [4.78, 5) is 12.0. The number of carbonyl (C=O) groups excluding carboxylic acids is 1. The number of aromatic nitrogens is 2. The van der Waals surface area contributed by atoms with Crippen LogP contribution >= 0.6 is 23.2 Å². The van der Waals surface area contributed by atoms with Crippen molar-refractivity contribution in [3.05, 3.63) is 87.5 Å². The number of nitrogens with one attached hydrogen (secondary N) is 1. The number of primary sulfonamides is 1. The topological polar surface area (TPSA) is 167 Å². The van der Waals surface area contributed by atoms with Crippen LogP contribution in [0.2, 0.25) is 10.0 Å². The van der Waals surface area contributed by atoms with Gasteiger partial charge in [-0.1, -0.05) is 29.3 Å². The number of anilines is 1. The van der Waals surface area contributed by atoms with Crippen LogP contribution in [0.25, 0.3) is 16.9 Å². The van der Waals surface area contributed by atoms with E-state index in [1.807, 2.05) is 0 Å². The molecule has 38 heavy (non-hydrogen) atoms. The molecule has 10 nitrogen and oxygen atoms in total. The number of fused-ring (bicyclic) bond motifs is 3. The molecule has 0 unspecified atom stereocenters. The molecular formula is C24H19Cl2N5O5S2. The Labute approximate surface area is 228 Å². The number of sulfonamides is 2. The quantitative estimate of drug-likeness (QED) is 0.310. The first-order valence-electron chi connectivity index (χ1n) is 11.0. The van der Waals surface area contributed by atoms with Gasteiger partial charge in [-0.15, -0.1) is 0 Å². The molecule has 0 atom stereocenters. The molecule has 0 fully saturated rings. The van der Waals surface area contributed by atoms with Crippen LogP contribution in [0.15, 0.2) is 70.5 Å². The molecule has 1 amide bonds. The lowest BCUT2D eigenvalue weighted by Gasteiger charge is -2.20. The number of benzene rings is 3. The van der Waals surface area contributed by atoms with Gasteiger partial charge in [-0.05, 0) is 73.0 Å². The van der Waals surface area contributed by atoms with Crippen LogP contribution in [-0.2, 0) is 32.9 Å². The van der Waals surface area contributed by atoms with Gasteiger partial charge in [-0.25, -0.2) is 26.7 Å². The number of amides is 1. The zero-order chi connectivity index (χ0) is 27.4. The molecule has 0 saturated carbocycles. The molecule has 196 valence electrons. The van der Waals surface area contributed by atoms with Crippen molar-refractivity contribution in [2.24, 2.45) is 10.9 Å². The zero-order valence-electron chi connectivity index (χ0n) is 19.4. The van der Waals surface area contributed by atoms with Crippen LogP contribution < -0.4 is 15.6 Å². The predicted molar refractivity (Wildman–Crippen MR) is 144 cm³/mol. The van der Waals surface area contributed by atoms with Gasteiger partial charge in [0, 0.05) is 21.8 Å². The van der Waals surface area contributed by atoms with Gasteiger partial charge in [-0.2, -0.15) is 5.10 Å². The summed E-state index contributed by atoms with van der Waals surface area (Å²) in [6.45, 7) is 0. The standard InChI is InChI=1S/C24H19Cl2N5O5S2/c25-14-3-10-20(26)21(11-14)38(35,36)30-15-4-1-13-2-9-18-22(24(27)32)29-31(23(18)19(13)12-15)16-5-7-17(8-6-16)37(28,33)34/h1,3-8,10-12,30H,2,9H2,(H2,27,32)(H2,28,33,34). The highest BCUT2D eigenvalue weighted by Gasteiger charge is 2.29. The highest BCUT2D eigenvalue weighted by Crippen LogP contribution is 2.39. The van der Waals surface area contributed by atoms with Crippen molar-refractivity contribution in [1.29, 1.82) is 0 Å². The van der Waals surface area contributed by atoms with Gasteiger partial charge >= 0.3 is 0 Å². The van der Waals surface area contributed by atoms with E-state index in [4.69, 9.17) is 34.1 Å². The van der Waals surface area contributed by atoms with Gasteiger partial charge in [0.2, 0.25) is 10.0 Å². The van der Waals surface area contributed by atoms with E-state index >= 15 is 0 Å². The predicted octanol–water partition coefficient (Wildman–Crippen LogP) is 3.49. The van der Waals surface area contributed by atoms with E-state index in [1.54, 1.807) is 18.2 Å². The molecule has 4 aromatic rings. The van der Waals surface area contributed by atoms with E-state index in [9.17, 15) is 21.6 Å². The molecule has 0 saturated heterocycles. The molecule has 14 heteroatoms. The lowest BCUT2D eigenvalue weighted by molar-refractivity contribution is 0.0994. The van der Waals surface area contributed by atoms with Crippen molar-refractivity contribution in [1.82, 2.24) is 9.78 Å². The minimum atomic E-state index is -4.09. The third-order valence-corrected chi connectivity index (χ3v) is 9.10. The van der Waals surface area contributed by atoms with Crippen molar-refractivity contribution < 1.29 is 21.6 Å². The third kappa shape index (κ3) is 4.76. The monoisotopic (exact) mass is 591 g/mol. The molecular weight excluding hydrogens is 573 g/mol. The Kier molecular flexibility index (Phi) is 6.48. The molecule has 5 rings (SSSR count). The van der Waals surface area contributed by atoms with E-state index in [-0.39, 0.29) is 31.2 Å². The average molecular weight is 592 g/mol. The molecule has 1 aliphatic carbocycles. The Morgan fingerprint density at radius 1 is 0.947 bits per heavy atom. The van der Waals surface area contributed by atoms with Gasteiger partial charge in [0.25, 0.3) is 15.9 Å². The number of nitrogens with two attached hydrogens (primary N) is 2. The Bertz CT molecular complexity index is 1840. The largest absolute Gasteiger partial charge is 0.364 e. The van der Waals surface area contributed by atoms with Crippen LogP contribution in [0.4, 0.5) is 5.69 Å². The van der Waals surface area contributed by atoms with Crippen LogP contribution in [-0.4, -0.2) is 32.5 Å². The van der Waals surface area contributed by atoms with Gasteiger partial charge in [0.1, 0.15) is 4.90 Å². The van der Waals surface area contributed by atoms with Gasteiger partial charge in [0.05, 0.1) is 21.3 Å². The molecule has 0 radical (unpaired) electrons. The van der Waals surface area contributed by atoms with Gasteiger partial charge in [0.15, 0.2) is 5.69 Å². The number of nitrogens with zero attached hydrogens (tertiary/aromatic N) is 2. The number of carbonyl (C=O) groups is 1. The second kappa shape index (κ2) is 9.40. The Morgan fingerprint density at radius 3 is 2.32 bits per heavy atom. The minimum Gasteiger partial charge on any atom is -0.364 e. The van der Waals surface area contributed by atoms with Crippen molar-refractivity contribution in [2.45, 2.75) is 22.6 Å². The summed E-state index contributed by atoms with van der Waals surface area (Å²) in [6.07, 6.45) is 1.03. The zero-order valence-corrected chi connectivity index (χ0v) is 22.5. The lowest BCUT2D eigenvalue weighted by atomic mass is 9.88. The smallest absolute Gasteiger partial charge is 0.269 e. The highest BCUT2D eigenvalue weighted by atomic mass is 35.5. The van der Waals surface area contributed by atoms with Crippen LogP contribution in [0.5, 0.6) is 0 Å². The lowest BCUT2D eigenvalue weighted by Crippen LogP contribution is -2.16. The number of hydrogen-bond acceptors (Lipinski definition) is 6. The molecule has 5 N–H and O–H groups in total. The van der Waals surface area contributed by atoms with Gasteiger partial charge < -0.3 is 5.73 Å². The normalized spacial score (nSPS) is 13.0. The molecule has 3 aromatic carbocycles. The maximum Gasteiger partial charge on any atom is 0.269 e. The number of aryl methyl sites for hydroxylation is 1. The Morgan fingerprint density at radius 2 is 1.66 bits per heavy atom. The van der Waals surface area contributed by atoms with Crippen molar-refractivity contribution in [2.75, 3.05) is 4.72 Å². The highest BCUT2D eigenvalue weighted by molar-refractivity contribution is 7.92. The van der Waals surface area contributed by atoms with E-state index in [0.717, 1.165) is 5.56 Å². The molecule has 1 aromatic heterocycles. The molecule has 1 aliphatic rings. The first-order chi connectivity index (χ1) is 17.8. The first-order valence-corrected chi connectivity index (χ1v) is 14.8. The number of halogens is 2. The maximum atomic E-state index is 13.1.